The fourth-order valence-corrected chi connectivity index (χ4v) is 4.09. The lowest BCUT2D eigenvalue weighted by atomic mass is 10.2. The Morgan fingerprint density at radius 3 is 2.24 bits per heavy atom. The average molecular weight is 493 g/mol. The number of rotatable bonds is 11. The predicted octanol–water partition coefficient (Wildman–Crippen LogP) is 3.59. The Hall–Kier alpha value is -3.11. The number of carbonyl (C=O) groups is 2. The molecule has 0 saturated heterocycles. The van der Waals surface area contributed by atoms with Gasteiger partial charge in [-0.3, -0.25) is 0 Å². The minimum absolute atomic E-state index is 0.0146. The van der Waals surface area contributed by atoms with Gasteiger partial charge in [0.1, 0.15) is 10.6 Å². The third-order valence-electron chi connectivity index (χ3n) is 4.49. The summed E-state index contributed by atoms with van der Waals surface area (Å²) in [6, 6.07) is 11.8. The summed E-state index contributed by atoms with van der Waals surface area (Å²) in [4.78, 5) is 26.1. The molecule has 0 saturated carbocycles. The van der Waals surface area contributed by atoms with Crippen LogP contribution < -0.4 is 9.50 Å². The second-order valence-electron chi connectivity index (χ2n) is 8.15. The van der Waals surface area contributed by atoms with Crippen LogP contribution in [0.1, 0.15) is 43.6 Å². The summed E-state index contributed by atoms with van der Waals surface area (Å²) in [6.45, 7) is 8.18. The van der Waals surface area contributed by atoms with Crippen LogP contribution in [0.2, 0.25) is 0 Å². The normalized spacial score (nSPS) is 11.4. The van der Waals surface area contributed by atoms with Gasteiger partial charge in [-0.05, 0) is 57.5 Å². The Kier molecular flexibility index (Phi) is 9.88. The quantitative estimate of drug-likeness (QED) is 0.377. The maximum atomic E-state index is 12.9. The molecule has 1 N–H and O–H groups in total. The van der Waals surface area contributed by atoms with Gasteiger partial charge in [0.25, 0.3) is 0 Å². The van der Waals surface area contributed by atoms with Crippen molar-refractivity contribution in [2.24, 2.45) is 0 Å². The maximum absolute atomic E-state index is 12.9. The zero-order valence-electron chi connectivity index (χ0n) is 20.1. The third-order valence-corrected chi connectivity index (χ3v) is 5.79. The first-order valence-electron chi connectivity index (χ1n) is 10.9. The molecule has 2 aromatic carbocycles. The van der Waals surface area contributed by atoms with Crippen molar-refractivity contribution in [1.29, 1.82) is 0 Å². The maximum Gasteiger partial charge on any atom is 0.340 e. The number of nitrogens with one attached hydrogen (secondary N) is 1. The van der Waals surface area contributed by atoms with E-state index in [9.17, 15) is 18.0 Å². The summed E-state index contributed by atoms with van der Waals surface area (Å²) in [5.74, 6) is -0.671. The van der Waals surface area contributed by atoms with E-state index in [-0.39, 0.29) is 28.3 Å². The standard InChI is InChI=1S/C24H32N2O7S/c1-17(2)25-24(28)26(14-15-31-5)16-19-10-12-20(13-11-19)33-34(29,30)22-9-7-6-8-21(22)23(27)32-18(3)4/h6-13,17-18H,14-16H2,1-5H3,(H,25,28). The second-order valence-corrected chi connectivity index (χ2v) is 9.66. The number of hydrogen-bond acceptors (Lipinski definition) is 7. The molecule has 0 spiro atoms. The molecule has 2 rings (SSSR count). The van der Waals surface area contributed by atoms with Gasteiger partial charge in [0.15, 0.2) is 0 Å². The van der Waals surface area contributed by atoms with Crippen molar-refractivity contribution >= 4 is 22.1 Å². The molecule has 0 radical (unpaired) electrons. The topological polar surface area (TPSA) is 111 Å². The van der Waals surface area contributed by atoms with Crippen molar-refractivity contribution in [3.8, 4) is 5.75 Å². The van der Waals surface area contributed by atoms with Crippen molar-refractivity contribution in [3.05, 3.63) is 59.7 Å². The van der Waals surface area contributed by atoms with Crippen molar-refractivity contribution < 1.29 is 31.7 Å². The van der Waals surface area contributed by atoms with Crippen LogP contribution in [0.25, 0.3) is 0 Å². The zero-order valence-corrected chi connectivity index (χ0v) is 20.9. The number of benzene rings is 2. The molecule has 0 fully saturated rings. The first-order chi connectivity index (χ1) is 16.0. The fourth-order valence-electron chi connectivity index (χ4n) is 2.97. The molecule has 0 aliphatic carbocycles. The van der Waals surface area contributed by atoms with Crippen LogP contribution in [-0.2, 0) is 26.1 Å². The molecule has 34 heavy (non-hydrogen) atoms. The van der Waals surface area contributed by atoms with Gasteiger partial charge in [0.05, 0.1) is 18.3 Å². The number of methoxy groups -OCH3 is 1. The van der Waals surface area contributed by atoms with E-state index in [0.717, 1.165) is 5.56 Å². The monoisotopic (exact) mass is 492 g/mol. The van der Waals surface area contributed by atoms with E-state index in [4.69, 9.17) is 13.7 Å². The fraction of sp³-hybridized carbons (Fsp3) is 0.417. The van der Waals surface area contributed by atoms with Crippen LogP contribution in [0.3, 0.4) is 0 Å². The van der Waals surface area contributed by atoms with Gasteiger partial charge >= 0.3 is 22.1 Å². The van der Waals surface area contributed by atoms with Crippen molar-refractivity contribution in [3.63, 3.8) is 0 Å². The molecule has 0 atom stereocenters. The van der Waals surface area contributed by atoms with Gasteiger partial charge in [-0.25, -0.2) is 9.59 Å². The number of hydrogen-bond donors (Lipinski definition) is 1. The highest BCUT2D eigenvalue weighted by atomic mass is 32.2. The Balaban J connectivity index is 2.17. The third kappa shape index (κ3) is 8.03. The molecule has 0 heterocycles. The van der Waals surface area contributed by atoms with E-state index < -0.39 is 22.2 Å². The number of carbonyl (C=O) groups excluding carboxylic acids is 2. The molecule has 9 nitrogen and oxygen atoms in total. The highest BCUT2D eigenvalue weighted by Crippen LogP contribution is 2.23. The minimum atomic E-state index is -4.29. The first kappa shape index (κ1) is 27.1. The molecular formula is C24H32N2O7S. The largest absolute Gasteiger partial charge is 0.459 e. The van der Waals surface area contributed by atoms with Gasteiger partial charge < -0.3 is 23.9 Å². The SMILES string of the molecule is COCCN(Cc1ccc(OS(=O)(=O)c2ccccc2C(=O)OC(C)C)cc1)C(=O)NC(C)C. The summed E-state index contributed by atoms with van der Waals surface area (Å²) in [5.41, 5.74) is 0.679. The summed E-state index contributed by atoms with van der Waals surface area (Å²) >= 11 is 0. The number of ether oxygens (including phenoxy) is 2. The number of urea groups is 1. The lowest BCUT2D eigenvalue weighted by Crippen LogP contribution is -2.43. The molecule has 2 aromatic rings. The number of nitrogens with zero attached hydrogens (tertiary/aromatic N) is 1. The Morgan fingerprint density at radius 1 is 1.00 bits per heavy atom. The number of amides is 2. The lowest BCUT2D eigenvalue weighted by Gasteiger charge is -2.24. The summed E-state index contributed by atoms with van der Waals surface area (Å²) in [5, 5.41) is 2.85. The van der Waals surface area contributed by atoms with Crippen LogP contribution >= 0.6 is 0 Å². The van der Waals surface area contributed by atoms with Gasteiger partial charge in [-0.15, -0.1) is 0 Å². The summed E-state index contributed by atoms with van der Waals surface area (Å²) in [7, 11) is -2.73. The van der Waals surface area contributed by atoms with Gasteiger partial charge in [0.2, 0.25) is 0 Å². The van der Waals surface area contributed by atoms with E-state index >= 15 is 0 Å². The van der Waals surface area contributed by atoms with Gasteiger partial charge in [-0.2, -0.15) is 8.42 Å². The van der Waals surface area contributed by atoms with Crippen molar-refractivity contribution in [1.82, 2.24) is 10.2 Å². The lowest BCUT2D eigenvalue weighted by molar-refractivity contribution is 0.0373. The van der Waals surface area contributed by atoms with Crippen molar-refractivity contribution in [2.75, 3.05) is 20.3 Å². The second kappa shape index (κ2) is 12.4. The van der Waals surface area contributed by atoms with E-state index in [0.29, 0.717) is 19.7 Å². The first-order valence-corrected chi connectivity index (χ1v) is 12.3. The molecular weight excluding hydrogens is 460 g/mol. The smallest absolute Gasteiger partial charge is 0.340 e. The van der Waals surface area contributed by atoms with E-state index in [2.05, 4.69) is 5.32 Å². The Labute approximate surface area is 201 Å². The van der Waals surface area contributed by atoms with Crippen LogP contribution in [0.15, 0.2) is 53.4 Å². The van der Waals surface area contributed by atoms with E-state index in [1.807, 2.05) is 13.8 Å². The van der Waals surface area contributed by atoms with Crippen LogP contribution in [0.5, 0.6) is 5.75 Å². The average Bonchev–Trinajstić information content (AvgIpc) is 2.76. The summed E-state index contributed by atoms with van der Waals surface area (Å²) < 4.78 is 41.2. The molecule has 0 unspecified atom stereocenters. The highest BCUT2D eigenvalue weighted by molar-refractivity contribution is 7.87. The van der Waals surface area contributed by atoms with Gasteiger partial charge in [-0.1, -0.05) is 24.3 Å². The highest BCUT2D eigenvalue weighted by Gasteiger charge is 2.25. The predicted molar refractivity (Wildman–Crippen MR) is 127 cm³/mol. The Bertz CT molecular complexity index is 1070. The van der Waals surface area contributed by atoms with Crippen LogP contribution in [0, 0.1) is 0 Å². The van der Waals surface area contributed by atoms with E-state index in [1.165, 1.54) is 30.3 Å². The molecule has 10 heteroatoms. The Morgan fingerprint density at radius 2 is 1.65 bits per heavy atom. The molecule has 0 bridgehead atoms. The molecule has 0 aliphatic rings. The van der Waals surface area contributed by atoms with Crippen LogP contribution in [0.4, 0.5) is 4.79 Å². The molecule has 2 amide bonds. The summed E-state index contributed by atoms with van der Waals surface area (Å²) in [6.07, 6.45) is -0.400. The zero-order chi connectivity index (χ0) is 25.3. The molecule has 0 aromatic heterocycles. The van der Waals surface area contributed by atoms with E-state index in [1.54, 1.807) is 44.1 Å². The van der Waals surface area contributed by atoms with Crippen LogP contribution in [-0.4, -0.2) is 57.7 Å². The van der Waals surface area contributed by atoms with Gasteiger partial charge in [0, 0.05) is 26.2 Å². The number of esters is 1. The molecule has 186 valence electrons. The molecule has 0 aliphatic heterocycles. The minimum Gasteiger partial charge on any atom is -0.459 e. The van der Waals surface area contributed by atoms with Crippen molar-refractivity contribution in [2.45, 2.75) is 51.3 Å².